The summed E-state index contributed by atoms with van der Waals surface area (Å²) >= 11 is 4.20. The highest BCUT2D eigenvalue weighted by Gasteiger charge is 2.33. The second kappa shape index (κ2) is 4.45. The molecule has 1 fully saturated rings. The molecule has 5 heteroatoms. The summed E-state index contributed by atoms with van der Waals surface area (Å²) in [6.07, 6.45) is -1.70. The highest BCUT2D eigenvalue weighted by Crippen LogP contribution is 2.18. The molecule has 2 rings (SSSR count). The molecule has 1 amide bonds. The highest BCUT2D eigenvalue weighted by atomic mass is 32.1. The maximum atomic E-state index is 12.0. The third kappa shape index (κ3) is 2.07. The third-order valence-electron chi connectivity index (χ3n) is 2.68. The van der Waals surface area contributed by atoms with Crippen molar-refractivity contribution in [3.8, 4) is 0 Å². The average Bonchev–Trinajstić information content (AvgIpc) is 2.59. The van der Waals surface area contributed by atoms with E-state index in [2.05, 4.69) is 12.6 Å². The standard InChI is InChI=1S/C11H13NO3S/c13-8-5-12(6-9(8)14)11(15)7-3-1-2-4-10(7)16/h1-4,8-9,13-14,16H,5-6H2. The van der Waals surface area contributed by atoms with Crippen molar-refractivity contribution in [1.82, 2.24) is 4.90 Å². The number of rotatable bonds is 1. The first-order valence-electron chi connectivity index (χ1n) is 5.03. The molecule has 0 aliphatic carbocycles. The van der Waals surface area contributed by atoms with E-state index in [-0.39, 0.29) is 19.0 Å². The van der Waals surface area contributed by atoms with E-state index in [4.69, 9.17) is 0 Å². The van der Waals surface area contributed by atoms with E-state index in [1.54, 1.807) is 24.3 Å². The number of likely N-dealkylation sites (tertiary alicyclic amines) is 1. The normalized spacial score (nSPS) is 24.8. The Morgan fingerprint density at radius 2 is 1.81 bits per heavy atom. The van der Waals surface area contributed by atoms with Crippen molar-refractivity contribution in [3.63, 3.8) is 0 Å². The Balaban J connectivity index is 2.18. The molecule has 1 aromatic carbocycles. The van der Waals surface area contributed by atoms with E-state index < -0.39 is 12.2 Å². The predicted molar refractivity (Wildman–Crippen MR) is 61.6 cm³/mol. The molecule has 1 heterocycles. The van der Waals surface area contributed by atoms with Crippen LogP contribution in [0.4, 0.5) is 0 Å². The van der Waals surface area contributed by atoms with E-state index in [9.17, 15) is 15.0 Å². The Morgan fingerprint density at radius 1 is 1.25 bits per heavy atom. The maximum absolute atomic E-state index is 12.0. The third-order valence-corrected chi connectivity index (χ3v) is 3.07. The van der Waals surface area contributed by atoms with Gasteiger partial charge in [0, 0.05) is 18.0 Å². The summed E-state index contributed by atoms with van der Waals surface area (Å²) in [7, 11) is 0. The Kier molecular flexibility index (Phi) is 3.18. The first kappa shape index (κ1) is 11.4. The molecule has 0 aromatic heterocycles. The van der Waals surface area contributed by atoms with Crippen LogP contribution in [-0.2, 0) is 0 Å². The molecule has 4 nitrogen and oxygen atoms in total. The lowest BCUT2D eigenvalue weighted by atomic mass is 10.2. The van der Waals surface area contributed by atoms with Gasteiger partial charge in [-0.15, -0.1) is 12.6 Å². The van der Waals surface area contributed by atoms with E-state index in [1.807, 2.05) is 0 Å². The number of hydrogen-bond donors (Lipinski definition) is 3. The van der Waals surface area contributed by atoms with E-state index in [0.717, 1.165) is 0 Å². The van der Waals surface area contributed by atoms with Gasteiger partial charge in [-0.25, -0.2) is 0 Å². The van der Waals surface area contributed by atoms with Gasteiger partial charge >= 0.3 is 0 Å². The van der Waals surface area contributed by atoms with Gasteiger partial charge in [0.2, 0.25) is 0 Å². The SMILES string of the molecule is O=C(c1ccccc1S)N1CC(O)C(O)C1. The monoisotopic (exact) mass is 239 g/mol. The van der Waals surface area contributed by atoms with Crippen LogP contribution >= 0.6 is 12.6 Å². The van der Waals surface area contributed by atoms with Crippen molar-refractivity contribution < 1.29 is 15.0 Å². The molecule has 2 atom stereocenters. The minimum absolute atomic E-state index is 0.169. The molecule has 2 N–H and O–H groups in total. The predicted octanol–water partition coefficient (Wildman–Crippen LogP) is 0.153. The zero-order valence-electron chi connectivity index (χ0n) is 8.58. The van der Waals surface area contributed by atoms with Gasteiger partial charge in [0.05, 0.1) is 17.8 Å². The van der Waals surface area contributed by atoms with Gasteiger partial charge in [-0.3, -0.25) is 4.79 Å². The smallest absolute Gasteiger partial charge is 0.255 e. The van der Waals surface area contributed by atoms with E-state index >= 15 is 0 Å². The highest BCUT2D eigenvalue weighted by molar-refractivity contribution is 7.80. The lowest BCUT2D eigenvalue weighted by Crippen LogP contribution is -2.30. The number of aliphatic hydroxyl groups is 2. The van der Waals surface area contributed by atoms with E-state index in [0.29, 0.717) is 10.5 Å². The second-order valence-corrected chi connectivity index (χ2v) is 4.34. The van der Waals surface area contributed by atoms with Crippen LogP contribution in [0.25, 0.3) is 0 Å². The number of nitrogens with zero attached hydrogens (tertiary/aromatic N) is 1. The molecule has 0 saturated carbocycles. The molecule has 2 unspecified atom stereocenters. The first-order chi connectivity index (χ1) is 7.59. The van der Waals surface area contributed by atoms with Crippen LogP contribution in [-0.4, -0.2) is 46.3 Å². The molecule has 0 spiro atoms. The molecule has 16 heavy (non-hydrogen) atoms. The zero-order chi connectivity index (χ0) is 11.7. The maximum Gasteiger partial charge on any atom is 0.255 e. The molecule has 0 radical (unpaired) electrons. The molecule has 1 saturated heterocycles. The molecule has 1 aliphatic rings. The summed E-state index contributed by atoms with van der Waals surface area (Å²) in [6, 6.07) is 6.98. The second-order valence-electron chi connectivity index (χ2n) is 3.86. The molecule has 0 bridgehead atoms. The minimum Gasteiger partial charge on any atom is -0.388 e. The molecule has 1 aliphatic heterocycles. The first-order valence-corrected chi connectivity index (χ1v) is 5.47. The molecular weight excluding hydrogens is 226 g/mol. The topological polar surface area (TPSA) is 60.8 Å². The Hall–Kier alpha value is -1.04. The van der Waals surface area contributed by atoms with Crippen LogP contribution < -0.4 is 0 Å². The van der Waals surface area contributed by atoms with Crippen LogP contribution in [0, 0.1) is 0 Å². The fourth-order valence-electron chi connectivity index (χ4n) is 1.76. The van der Waals surface area contributed by atoms with Gasteiger partial charge in [-0.2, -0.15) is 0 Å². The number of carbonyl (C=O) groups is 1. The van der Waals surface area contributed by atoms with Gasteiger partial charge < -0.3 is 15.1 Å². The van der Waals surface area contributed by atoms with Gasteiger partial charge in [0.1, 0.15) is 0 Å². The van der Waals surface area contributed by atoms with Crippen LogP contribution in [0.5, 0.6) is 0 Å². The van der Waals surface area contributed by atoms with Crippen molar-refractivity contribution in [3.05, 3.63) is 29.8 Å². The lowest BCUT2D eigenvalue weighted by molar-refractivity contribution is 0.0572. The molecule has 1 aromatic rings. The number of thiol groups is 1. The number of amides is 1. The van der Waals surface area contributed by atoms with Gasteiger partial charge in [0.15, 0.2) is 0 Å². The van der Waals surface area contributed by atoms with Gasteiger partial charge in [-0.1, -0.05) is 12.1 Å². The van der Waals surface area contributed by atoms with Crippen LogP contribution in [0.2, 0.25) is 0 Å². The number of aliphatic hydroxyl groups excluding tert-OH is 2. The number of hydrogen-bond acceptors (Lipinski definition) is 4. The molecule has 86 valence electrons. The summed E-state index contributed by atoms with van der Waals surface area (Å²) in [5.74, 6) is -0.207. The number of β-amino-alcohol motifs (C(OH)–C–C–N with tert-alkyl or cyclic N) is 2. The van der Waals surface area contributed by atoms with Crippen molar-refractivity contribution in [2.24, 2.45) is 0 Å². The summed E-state index contributed by atoms with van der Waals surface area (Å²) in [6.45, 7) is 0.338. The van der Waals surface area contributed by atoms with Gasteiger partial charge in [0.25, 0.3) is 5.91 Å². The van der Waals surface area contributed by atoms with E-state index in [1.165, 1.54) is 4.90 Å². The minimum atomic E-state index is -0.851. The van der Waals surface area contributed by atoms with Crippen molar-refractivity contribution in [2.45, 2.75) is 17.1 Å². The zero-order valence-corrected chi connectivity index (χ0v) is 9.47. The fraction of sp³-hybridized carbons (Fsp3) is 0.364. The van der Waals surface area contributed by atoms with Crippen molar-refractivity contribution in [1.29, 1.82) is 0 Å². The largest absolute Gasteiger partial charge is 0.388 e. The summed E-state index contributed by atoms with van der Waals surface area (Å²) in [5, 5.41) is 18.7. The van der Waals surface area contributed by atoms with Crippen molar-refractivity contribution in [2.75, 3.05) is 13.1 Å². The lowest BCUT2D eigenvalue weighted by Gasteiger charge is -2.16. The van der Waals surface area contributed by atoms with Crippen LogP contribution in [0.15, 0.2) is 29.2 Å². The summed E-state index contributed by atoms with van der Waals surface area (Å²) < 4.78 is 0. The fourth-order valence-corrected chi connectivity index (χ4v) is 2.02. The quantitative estimate of drug-likeness (QED) is 0.612. The Bertz CT molecular complexity index is 400. The molecular formula is C11H13NO3S. The number of benzene rings is 1. The van der Waals surface area contributed by atoms with Crippen LogP contribution in [0.1, 0.15) is 10.4 Å². The summed E-state index contributed by atoms with van der Waals surface area (Å²) in [5.41, 5.74) is 0.493. The Morgan fingerprint density at radius 3 is 2.38 bits per heavy atom. The average molecular weight is 239 g/mol. The number of carbonyl (C=O) groups excluding carboxylic acids is 1. The summed E-state index contributed by atoms with van der Waals surface area (Å²) in [4.78, 5) is 14.0. The van der Waals surface area contributed by atoms with Gasteiger partial charge in [-0.05, 0) is 12.1 Å². The van der Waals surface area contributed by atoms with Crippen molar-refractivity contribution >= 4 is 18.5 Å². The van der Waals surface area contributed by atoms with Crippen LogP contribution in [0.3, 0.4) is 0 Å². The Labute approximate surface area is 98.9 Å².